The molecule has 0 aliphatic carbocycles. The first-order valence-corrected chi connectivity index (χ1v) is 8.44. The van der Waals surface area contributed by atoms with Crippen LogP contribution in [0, 0.1) is 5.82 Å². The molecule has 1 N–H and O–H groups in total. The van der Waals surface area contributed by atoms with Gasteiger partial charge in [0.05, 0.1) is 13.3 Å². The van der Waals surface area contributed by atoms with Crippen LogP contribution in [0.1, 0.15) is 21.5 Å². The maximum atomic E-state index is 13.0. The van der Waals surface area contributed by atoms with E-state index in [1.165, 1.54) is 37.9 Å². The number of carbonyl (C=O) groups excluding carboxylic acids is 1. The zero-order chi connectivity index (χ0) is 19.8. The molecule has 0 unspecified atom stereocenters. The van der Waals surface area contributed by atoms with Crippen molar-refractivity contribution in [2.75, 3.05) is 7.11 Å². The minimum atomic E-state index is -0.329. The molecule has 0 saturated carbocycles. The van der Waals surface area contributed by atoms with Crippen molar-refractivity contribution in [2.45, 2.75) is 6.61 Å². The van der Waals surface area contributed by atoms with Gasteiger partial charge in [-0.2, -0.15) is 5.10 Å². The Morgan fingerprint density at radius 1 is 1.11 bits per heavy atom. The predicted molar refractivity (Wildman–Crippen MR) is 103 cm³/mol. The molecule has 1 amide bonds. The molecular formula is C21H18FN3O3. The van der Waals surface area contributed by atoms with E-state index in [-0.39, 0.29) is 18.3 Å². The zero-order valence-electron chi connectivity index (χ0n) is 15.1. The zero-order valence-corrected chi connectivity index (χ0v) is 15.1. The molecule has 0 spiro atoms. The molecule has 0 radical (unpaired) electrons. The van der Waals surface area contributed by atoms with Crippen molar-refractivity contribution in [2.24, 2.45) is 5.10 Å². The first kappa shape index (κ1) is 19.0. The Morgan fingerprint density at radius 3 is 2.57 bits per heavy atom. The van der Waals surface area contributed by atoms with E-state index in [9.17, 15) is 9.18 Å². The molecule has 1 heterocycles. The van der Waals surface area contributed by atoms with Crippen LogP contribution in [-0.4, -0.2) is 24.2 Å². The summed E-state index contributed by atoms with van der Waals surface area (Å²) in [6.07, 6.45) is 4.58. The highest BCUT2D eigenvalue weighted by Crippen LogP contribution is 2.28. The van der Waals surface area contributed by atoms with Crippen LogP contribution >= 0.6 is 0 Å². The fourth-order valence-electron chi connectivity index (χ4n) is 2.36. The Bertz CT molecular complexity index is 960. The summed E-state index contributed by atoms with van der Waals surface area (Å²) in [6, 6.07) is 14.6. The summed E-state index contributed by atoms with van der Waals surface area (Å²) in [6.45, 7) is 0.284. The van der Waals surface area contributed by atoms with Crippen LogP contribution in [0.25, 0.3) is 0 Å². The van der Waals surface area contributed by atoms with E-state index in [4.69, 9.17) is 9.47 Å². The number of rotatable bonds is 7. The maximum absolute atomic E-state index is 13.0. The summed E-state index contributed by atoms with van der Waals surface area (Å²) in [4.78, 5) is 15.8. The molecule has 0 fully saturated rings. The van der Waals surface area contributed by atoms with Gasteiger partial charge in [0.15, 0.2) is 11.5 Å². The molecule has 2 aromatic carbocycles. The molecule has 3 aromatic rings. The number of carbonyl (C=O) groups is 1. The quantitative estimate of drug-likeness (QED) is 0.503. The van der Waals surface area contributed by atoms with Gasteiger partial charge in [0.2, 0.25) is 0 Å². The Balaban J connectivity index is 1.62. The lowest BCUT2D eigenvalue weighted by molar-refractivity contribution is 0.0955. The first-order valence-electron chi connectivity index (χ1n) is 8.44. The van der Waals surface area contributed by atoms with E-state index in [1.807, 2.05) is 0 Å². The number of nitrogens with zero attached hydrogens (tertiary/aromatic N) is 2. The molecule has 6 nitrogen and oxygen atoms in total. The highest BCUT2D eigenvalue weighted by Gasteiger charge is 2.06. The van der Waals surface area contributed by atoms with Crippen molar-refractivity contribution in [3.8, 4) is 11.5 Å². The lowest BCUT2D eigenvalue weighted by atomic mass is 10.2. The summed E-state index contributed by atoms with van der Waals surface area (Å²) in [5, 5.41) is 3.95. The lowest BCUT2D eigenvalue weighted by Crippen LogP contribution is -2.17. The number of hydrogen-bond donors (Lipinski definition) is 1. The summed E-state index contributed by atoms with van der Waals surface area (Å²) in [5.74, 6) is 0.446. The normalized spacial score (nSPS) is 10.6. The van der Waals surface area contributed by atoms with Crippen LogP contribution in [0.3, 0.4) is 0 Å². The number of amides is 1. The second-order valence-corrected chi connectivity index (χ2v) is 5.76. The van der Waals surface area contributed by atoms with Crippen LogP contribution in [0.4, 0.5) is 4.39 Å². The lowest BCUT2D eigenvalue weighted by Gasteiger charge is -2.11. The topological polar surface area (TPSA) is 72.8 Å². The second-order valence-electron chi connectivity index (χ2n) is 5.76. The van der Waals surface area contributed by atoms with Gasteiger partial charge >= 0.3 is 0 Å². The van der Waals surface area contributed by atoms with E-state index in [0.717, 1.165) is 11.1 Å². The number of hydrazone groups is 1. The molecule has 0 aliphatic rings. The van der Waals surface area contributed by atoms with Gasteiger partial charge in [-0.25, -0.2) is 9.82 Å². The molecule has 0 atom stereocenters. The average molecular weight is 379 g/mol. The third kappa shape index (κ3) is 5.14. The number of benzene rings is 2. The minimum absolute atomic E-state index is 0.284. The Labute approximate surface area is 161 Å². The summed E-state index contributed by atoms with van der Waals surface area (Å²) < 4.78 is 24.1. The largest absolute Gasteiger partial charge is 0.493 e. The van der Waals surface area contributed by atoms with E-state index >= 15 is 0 Å². The maximum Gasteiger partial charge on any atom is 0.271 e. The van der Waals surface area contributed by atoms with E-state index < -0.39 is 0 Å². The van der Waals surface area contributed by atoms with Crippen LogP contribution in [0.15, 0.2) is 72.1 Å². The van der Waals surface area contributed by atoms with Crippen LogP contribution in [-0.2, 0) is 6.61 Å². The van der Waals surface area contributed by atoms with Gasteiger partial charge in [-0.15, -0.1) is 0 Å². The number of hydrogen-bond acceptors (Lipinski definition) is 5. The second kappa shape index (κ2) is 9.27. The molecule has 0 aliphatic heterocycles. The molecule has 3 rings (SSSR count). The number of aromatic nitrogens is 1. The number of halogens is 1. The summed E-state index contributed by atoms with van der Waals surface area (Å²) in [5.41, 5.74) is 4.48. The van der Waals surface area contributed by atoms with Crippen molar-refractivity contribution < 1.29 is 18.7 Å². The van der Waals surface area contributed by atoms with Gasteiger partial charge in [-0.05, 0) is 53.6 Å². The van der Waals surface area contributed by atoms with Gasteiger partial charge in [-0.1, -0.05) is 12.1 Å². The van der Waals surface area contributed by atoms with Crippen LogP contribution in [0.2, 0.25) is 0 Å². The van der Waals surface area contributed by atoms with Crippen LogP contribution in [0.5, 0.6) is 11.5 Å². The van der Waals surface area contributed by atoms with Crippen LogP contribution < -0.4 is 14.9 Å². The molecule has 28 heavy (non-hydrogen) atoms. The molecule has 7 heteroatoms. The fraction of sp³-hybridized carbons (Fsp3) is 0.0952. The number of methoxy groups -OCH3 is 1. The SMILES string of the molecule is COc1cc(/C=N\NC(=O)c2ccncc2)ccc1OCc1ccc(F)cc1. The van der Waals surface area contributed by atoms with Gasteiger partial charge in [0, 0.05) is 18.0 Å². The summed E-state index contributed by atoms with van der Waals surface area (Å²) in [7, 11) is 1.53. The Hall–Kier alpha value is -3.74. The fourth-order valence-corrected chi connectivity index (χ4v) is 2.36. The van der Waals surface area contributed by atoms with Crippen molar-refractivity contribution in [1.82, 2.24) is 10.4 Å². The highest BCUT2D eigenvalue weighted by atomic mass is 19.1. The van der Waals surface area contributed by atoms with Crippen molar-refractivity contribution >= 4 is 12.1 Å². The van der Waals surface area contributed by atoms with Gasteiger partial charge < -0.3 is 9.47 Å². The predicted octanol–water partition coefficient (Wildman–Crippen LogP) is 3.57. The standard InChI is InChI=1S/C21H18FN3O3/c1-27-20-12-16(13-24-25-21(26)17-8-10-23-11-9-17)4-7-19(20)28-14-15-2-5-18(22)6-3-15/h2-13H,14H2,1H3,(H,25,26)/b24-13-. The average Bonchev–Trinajstić information content (AvgIpc) is 2.74. The summed E-state index contributed by atoms with van der Waals surface area (Å²) >= 11 is 0. The van der Waals surface area contributed by atoms with E-state index in [2.05, 4.69) is 15.5 Å². The van der Waals surface area contributed by atoms with Crippen molar-refractivity contribution in [3.05, 3.63) is 89.5 Å². The number of pyridine rings is 1. The van der Waals surface area contributed by atoms with Crippen molar-refractivity contribution in [1.29, 1.82) is 0 Å². The van der Waals surface area contributed by atoms with Gasteiger partial charge in [0.1, 0.15) is 12.4 Å². The van der Waals surface area contributed by atoms with Gasteiger partial charge in [0.25, 0.3) is 5.91 Å². The Morgan fingerprint density at radius 2 is 1.86 bits per heavy atom. The number of ether oxygens (including phenoxy) is 2. The smallest absolute Gasteiger partial charge is 0.271 e. The highest BCUT2D eigenvalue weighted by molar-refractivity contribution is 5.94. The monoisotopic (exact) mass is 379 g/mol. The van der Waals surface area contributed by atoms with E-state index in [1.54, 1.807) is 42.5 Å². The molecule has 142 valence electrons. The van der Waals surface area contributed by atoms with Crippen molar-refractivity contribution in [3.63, 3.8) is 0 Å². The Kier molecular flexibility index (Phi) is 6.30. The number of nitrogens with one attached hydrogen (secondary N) is 1. The third-order valence-corrected chi connectivity index (χ3v) is 3.82. The molecule has 0 saturated heterocycles. The van der Waals surface area contributed by atoms with Gasteiger partial charge in [-0.3, -0.25) is 9.78 Å². The minimum Gasteiger partial charge on any atom is -0.493 e. The molecular weight excluding hydrogens is 361 g/mol. The molecule has 0 bridgehead atoms. The third-order valence-electron chi connectivity index (χ3n) is 3.82. The molecule has 1 aromatic heterocycles. The first-order chi connectivity index (χ1) is 13.7. The van der Waals surface area contributed by atoms with E-state index in [0.29, 0.717) is 17.1 Å².